The third-order valence-electron chi connectivity index (χ3n) is 4.06. The highest BCUT2D eigenvalue weighted by Gasteiger charge is 2.12. The normalized spacial score (nSPS) is 11.8. The number of rotatable bonds is 5. The Morgan fingerprint density at radius 2 is 1.80 bits per heavy atom. The first-order chi connectivity index (χ1) is 12.1. The molecule has 2 aromatic carbocycles. The van der Waals surface area contributed by atoms with Crippen LogP contribution in [0.25, 0.3) is 5.69 Å². The largest absolute Gasteiger partial charge is 0.497 e. The minimum absolute atomic E-state index is 0.101. The van der Waals surface area contributed by atoms with E-state index in [4.69, 9.17) is 4.74 Å². The predicted octanol–water partition coefficient (Wildman–Crippen LogP) is 3.08. The van der Waals surface area contributed by atoms with Crippen LogP contribution in [0.3, 0.4) is 0 Å². The van der Waals surface area contributed by atoms with Gasteiger partial charge in [0, 0.05) is 5.56 Å². The number of carbonyl (C=O) groups is 1. The molecular formula is C19H20N4O2. The molecule has 0 fully saturated rings. The van der Waals surface area contributed by atoms with Gasteiger partial charge in [0.2, 0.25) is 0 Å². The molecule has 3 rings (SSSR count). The average molecular weight is 336 g/mol. The molecule has 6 nitrogen and oxygen atoms in total. The molecule has 1 amide bonds. The molecule has 1 heterocycles. The highest BCUT2D eigenvalue weighted by Crippen LogP contribution is 2.18. The van der Waals surface area contributed by atoms with Crippen LogP contribution < -0.4 is 10.1 Å². The molecule has 1 aromatic heterocycles. The van der Waals surface area contributed by atoms with Crippen LogP contribution >= 0.6 is 0 Å². The lowest BCUT2D eigenvalue weighted by molar-refractivity contribution is 0.0940. The zero-order chi connectivity index (χ0) is 17.8. The van der Waals surface area contributed by atoms with Crippen LogP contribution in [-0.4, -0.2) is 28.0 Å². The van der Waals surface area contributed by atoms with E-state index in [1.54, 1.807) is 30.1 Å². The van der Waals surface area contributed by atoms with Crippen molar-refractivity contribution in [1.29, 1.82) is 0 Å². The summed E-state index contributed by atoms with van der Waals surface area (Å²) in [5.41, 5.74) is 3.42. The molecule has 0 radical (unpaired) electrons. The van der Waals surface area contributed by atoms with Gasteiger partial charge in [0.1, 0.15) is 5.75 Å². The van der Waals surface area contributed by atoms with E-state index in [-0.39, 0.29) is 11.9 Å². The van der Waals surface area contributed by atoms with Crippen molar-refractivity contribution in [2.24, 2.45) is 0 Å². The van der Waals surface area contributed by atoms with Gasteiger partial charge < -0.3 is 10.1 Å². The first-order valence-corrected chi connectivity index (χ1v) is 8.01. The van der Waals surface area contributed by atoms with E-state index in [1.807, 2.05) is 50.2 Å². The van der Waals surface area contributed by atoms with Gasteiger partial charge in [-0.2, -0.15) is 0 Å². The van der Waals surface area contributed by atoms with Gasteiger partial charge in [0.25, 0.3) is 5.91 Å². The lowest BCUT2D eigenvalue weighted by Gasteiger charge is -2.15. The lowest BCUT2D eigenvalue weighted by Crippen LogP contribution is -2.26. The zero-order valence-electron chi connectivity index (χ0n) is 14.4. The van der Waals surface area contributed by atoms with Crippen LogP contribution in [0, 0.1) is 6.92 Å². The highest BCUT2D eigenvalue weighted by atomic mass is 16.5. The Balaban J connectivity index is 1.69. The van der Waals surface area contributed by atoms with Crippen molar-refractivity contribution >= 4 is 5.91 Å². The van der Waals surface area contributed by atoms with Crippen LogP contribution in [0.5, 0.6) is 5.75 Å². The standard InChI is InChI=1S/C19H20N4O2/c1-13-12-20-22-23(13)17-8-4-16(5-9-17)19(24)21-14(2)15-6-10-18(25-3)11-7-15/h4-12,14H,1-3H3,(H,21,24)/t14-/m1/s1. The van der Waals surface area contributed by atoms with Crippen molar-refractivity contribution in [2.75, 3.05) is 7.11 Å². The zero-order valence-corrected chi connectivity index (χ0v) is 14.4. The Morgan fingerprint density at radius 1 is 1.12 bits per heavy atom. The van der Waals surface area contributed by atoms with Gasteiger partial charge in [-0.3, -0.25) is 4.79 Å². The van der Waals surface area contributed by atoms with E-state index >= 15 is 0 Å². The summed E-state index contributed by atoms with van der Waals surface area (Å²) in [4.78, 5) is 12.4. The molecule has 3 aromatic rings. The maximum Gasteiger partial charge on any atom is 0.251 e. The molecule has 0 saturated carbocycles. The molecule has 0 aliphatic heterocycles. The SMILES string of the molecule is COc1ccc([C@@H](C)NC(=O)c2ccc(-n3nncc3C)cc2)cc1. The number of hydrogen-bond donors (Lipinski definition) is 1. The molecule has 25 heavy (non-hydrogen) atoms. The van der Waals surface area contributed by atoms with Gasteiger partial charge in [0.15, 0.2) is 0 Å². The monoisotopic (exact) mass is 336 g/mol. The van der Waals surface area contributed by atoms with Crippen molar-refractivity contribution in [3.8, 4) is 11.4 Å². The second-order valence-corrected chi connectivity index (χ2v) is 5.80. The van der Waals surface area contributed by atoms with Gasteiger partial charge in [-0.25, -0.2) is 4.68 Å². The Morgan fingerprint density at radius 3 is 2.36 bits per heavy atom. The molecule has 0 aliphatic rings. The van der Waals surface area contributed by atoms with Crippen LogP contribution in [0.2, 0.25) is 0 Å². The molecule has 0 bridgehead atoms. The average Bonchev–Trinajstić information content (AvgIpc) is 3.07. The molecule has 6 heteroatoms. The number of nitrogens with zero attached hydrogens (tertiary/aromatic N) is 3. The number of amides is 1. The van der Waals surface area contributed by atoms with Gasteiger partial charge >= 0.3 is 0 Å². The first kappa shape index (κ1) is 16.7. The van der Waals surface area contributed by atoms with Crippen LogP contribution in [0.4, 0.5) is 0 Å². The summed E-state index contributed by atoms with van der Waals surface area (Å²) in [5.74, 6) is 0.673. The van der Waals surface area contributed by atoms with E-state index in [0.29, 0.717) is 5.56 Å². The topological polar surface area (TPSA) is 69.0 Å². The maximum absolute atomic E-state index is 12.4. The fraction of sp³-hybridized carbons (Fsp3) is 0.211. The van der Waals surface area contributed by atoms with E-state index < -0.39 is 0 Å². The van der Waals surface area contributed by atoms with Crippen molar-refractivity contribution in [3.63, 3.8) is 0 Å². The summed E-state index contributed by atoms with van der Waals surface area (Å²) >= 11 is 0. The minimum Gasteiger partial charge on any atom is -0.497 e. The Labute approximate surface area is 146 Å². The molecule has 0 unspecified atom stereocenters. The van der Waals surface area contributed by atoms with Gasteiger partial charge in [0.05, 0.1) is 30.7 Å². The Bertz CT molecular complexity index is 854. The van der Waals surface area contributed by atoms with Crippen LogP contribution in [0.1, 0.15) is 34.6 Å². The second kappa shape index (κ2) is 7.17. The molecule has 1 N–H and O–H groups in total. The Kier molecular flexibility index (Phi) is 4.79. The number of aryl methyl sites for hydroxylation is 1. The summed E-state index contributed by atoms with van der Waals surface area (Å²) < 4.78 is 6.87. The van der Waals surface area contributed by atoms with Crippen molar-refractivity contribution in [3.05, 3.63) is 71.5 Å². The summed E-state index contributed by atoms with van der Waals surface area (Å²) in [6, 6.07) is 14.8. The molecule has 0 spiro atoms. The number of ether oxygens (including phenoxy) is 1. The second-order valence-electron chi connectivity index (χ2n) is 5.80. The van der Waals surface area contributed by atoms with E-state index in [0.717, 1.165) is 22.7 Å². The predicted molar refractivity (Wildman–Crippen MR) is 95.0 cm³/mol. The summed E-state index contributed by atoms with van der Waals surface area (Å²) in [7, 11) is 1.63. The summed E-state index contributed by atoms with van der Waals surface area (Å²) in [6.45, 7) is 3.88. The van der Waals surface area contributed by atoms with Crippen molar-refractivity contribution < 1.29 is 9.53 Å². The van der Waals surface area contributed by atoms with Crippen molar-refractivity contribution in [2.45, 2.75) is 19.9 Å². The molecule has 128 valence electrons. The third kappa shape index (κ3) is 3.68. The molecular weight excluding hydrogens is 316 g/mol. The van der Waals surface area contributed by atoms with E-state index in [1.165, 1.54) is 0 Å². The minimum atomic E-state index is -0.120. The fourth-order valence-electron chi connectivity index (χ4n) is 2.55. The molecule has 1 atom stereocenters. The quantitative estimate of drug-likeness (QED) is 0.777. The number of aromatic nitrogens is 3. The number of methoxy groups -OCH3 is 1. The number of carbonyl (C=O) groups excluding carboxylic acids is 1. The van der Waals surface area contributed by atoms with Crippen molar-refractivity contribution in [1.82, 2.24) is 20.3 Å². The molecule has 0 saturated heterocycles. The third-order valence-corrected chi connectivity index (χ3v) is 4.06. The summed E-state index contributed by atoms with van der Waals surface area (Å²) in [5, 5.41) is 10.9. The first-order valence-electron chi connectivity index (χ1n) is 8.01. The molecule has 0 aliphatic carbocycles. The lowest BCUT2D eigenvalue weighted by atomic mass is 10.1. The number of hydrogen-bond acceptors (Lipinski definition) is 4. The Hall–Kier alpha value is -3.15. The van der Waals surface area contributed by atoms with Crippen LogP contribution in [0.15, 0.2) is 54.7 Å². The smallest absolute Gasteiger partial charge is 0.251 e. The number of benzene rings is 2. The van der Waals surface area contributed by atoms with Gasteiger partial charge in [-0.1, -0.05) is 17.3 Å². The highest BCUT2D eigenvalue weighted by molar-refractivity contribution is 5.94. The van der Waals surface area contributed by atoms with Crippen LogP contribution in [-0.2, 0) is 0 Å². The van der Waals surface area contributed by atoms with E-state index in [9.17, 15) is 4.79 Å². The van der Waals surface area contributed by atoms with Gasteiger partial charge in [-0.05, 0) is 55.8 Å². The van der Waals surface area contributed by atoms with Gasteiger partial charge in [-0.15, -0.1) is 5.10 Å². The fourth-order valence-corrected chi connectivity index (χ4v) is 2.55. The summed E-state index contributed by atoms with van der Waals surface area (Å²) in [6.07, 6.45) is 1.69. The number of nitrogens with one attached hydrogen (secondary N) is 1. The van der Waals surface area contributed by atoms with E-state index in [2.05, 4.69) is 15.6 Å². The maximum atomic E-state index is 12.4.